The highest BCUT2D eigenvalue weighted by Crippen LogP contribution is 2.60. The number of aliphatic hydroxyl groups excluding tert-OH is 4. The van der Waals surface area contributed by atoms with Crippen molar-refractivity contribution < 1.29 is 52.8 Å². The quantitative estimate of drug-likeness (QED) is 0.0837. The molecule has 3 aliphatic carbocycles. The molecule has 0 spiro atoms. The Labute approximate surface area is 432 Å². The summed E-state index contributed by atoms with van der Waals surface area (Å²) in [6, 6.07) is 0.565. The van der Waals surface area contributed by atoms with Crippen LogP contribution in [0.2, 0.25) is 0 Å². The van der Waals surface area contributed by atoms with Crippen LogP contribution in [0.3, 0.4) is 0 Å². The van der Waals surface area contributed by atoms with Crippen LogP contribution < -0.4 is 10.6 Å². The molecule has 4 aromatic rings. The molecule has 2 saturated heterocycles. The molecule has 4 amide bonds. The van der Waals surface area contributed by atoms with Crippen LogP contribution in [-0.4, -0.2) is 162 Å². The molecule has 0 bridgehead atoms. The van der Waals surface area contributed by atoms with Crippen LogP contribution >= 0.6 is 0 Å². The highest BCUT2D eigenvalue weighted by Gasteiger charge is 2.58. The maximum Gasteiger partial charge on any atom is 0.416 e. The Bertz CT molecular complexity index is 2700. The van der Waals surface area contributed by atoms with Gasteiger partial charge in [0.15, 0.2) is 0 Å². The van der Waals surface area contributed by atoms with Gasteiger partial charge in [-0.1, -0.05) is 57.2 Å². The lowest BCUT2D eigenvalue weighted by Gasteiger charge is -2.37. The summed E-state index contributed by atoms with van der Waals surface area (Å²) in [5.41, 5.74) is -0.615. The number of aliphatic hydroxyl groups is 4. The second kappa shape index (κ2) is 20.9. The number of benzene rings is 1. The monoisotopic (exact) mass is 1050 g/mol. The third-order valence-electron chi connectivity index (χ3n) is 16.4. The molecule has 408 valence electrons. The number of aryl methyl sites for hydroxylation is 1. The first-order valence-electron chi connectivity index (χ1n) is 26.1. The first kappa shape index (κ1) is 54.0. The lowest BCUT2D eigenvalue weighted by Crippen LogP contribution is -2.51. The third-order valence-corrected chi connectivity index (χ3v) is 16.4. The summed E-state index contributed by atoms with van der Waals surface area (Å²) in [5.74, 6) is -2.07. The van der Waals surface area contributed by atoms with Gasteiger partial charge in [0.1, 0.15) is 36.3 Å². The number of nitrogens with one attached hydrogen (secondary N) is 2. The predicted molar refractivity (Wildman–Crippen MR) is 261 cm³/mol. The van der Waals surface area contributed by atoms with Crippen LogP contribution in [0.5, 0.6) is 0 Å². The molecule has 2 aliphatic heterocycles. The molecule has 21 nitrogen and oxygen atoms in total. The van der Waals surface area contributed by atoms with Gasteiger partial charge in [-0.05, 0) is 73.0 Å². The summed E-state index contributed by atoms with van der Waals surface area (Å²) in [6.07, 6.45) is 1.63. The number of halogens is 3. The van der Waals surface area contributed by atoms with E-state index < -0.39 is 94.6 Å². The first-order valence-corrected chi connectivity index (χ1v) is 26.1. The zero-order chi connectivity index (χ0) is 53.9. The molecule has 9 rings (SSSR count). The Balaban J connectivity index is 0.895. The van der Waals surface area contributed by atoms with E-state index in [1.807, 2.05) is 46.2 Å². The van der Waals surface area contributed by atoms with Crippen LogP contribution in [-0.2, 0) is 32.4 Å². The zero-order valence-electron chi connectivity index (χ0n) is 43.2. The van der Waals surface area contributed by atoms with E-state index in [4.69, 9.17) is 0 Å². The van der Waals surface area contributed by atoms with Crippen molar-refractivity contribution in [2.75, 3.05) is 32.8 Å². The van der Waals surface area contributed by atoms with Crippen molar-refractivity contribution in [2.45, 2.75) is 158 Å². The SMILES string of the molecule is Cn1cnnc1[C@H]1C[C@H](CNC(=O)[C@@H]2C[C@@H](O)CN2C(=O)[C@@H](n2cc(C3CC3C(C)(C)[C@@H](C(=O)N3C[C@H](O)C[C@H]3C(=O)NCC(CCO)c3ccc(C(F)(F)F)cc3)n3cc(C4CC4)nn3)nn2)C(C)(C)C)[C@H](O)C1. The van der Waals surface area contributed by atoms with E-state index in [9.17, 15) is 48.0 Å². The number of amides is 4. The number of alkyl halides is 3. The van der Waals surface area contributed by atoms with Crippen molar-refractivity contribution in [3.63, 3.8) is 0 Å². The number of rotatable bonds is 18. The highest BCUT2D eigenvalue weighted by atomic mass is 19.4. The molecule has 6 N–H and O–H groups in total. The maximum atomic E-state index is 15.2. The summed E-state index contributed by atoms with van der Waals surface area (Å²) in [4.78, 5) is 60.6. The van der Waals surface area contributed by atoms with Crippen molar-refractivity contribution in [1.82, 2.24) is 65.2 Å². The Morgan fingerprint density at radius 2 is 1.33 bits per heavy atom. The van der Waals surface area contributed by atoms with Crippen molar-refractivity contribution in [3.05, 3.63) is 71.3 Å². The number of hydrogen-bond donors (Lipinski definition) is 6. The number of hydrogen-bond acceptors (Lipinski definition) is 14. The average Bonchev–Trinajstić information content (AvgIpc) is 3.87. The fourth-order valence-electron chi connectivity index (χ4n) is 12.1. The molecule has 12 atom stereocenters. The van der Waals surface area contributed by atoms with Crippen LogP contribution in [0, 0.1) is 22.7 Å². The molecule has 3 aromatic heterocycles. The van der Waals surface area contributed by atoms with Gasteiger partial charge in [-0.15, -0.1) is 20.4 Å². The predicted octanol–water partition coefficient (Wildman–Crippen LogP) is 2.73. The van der Waals surface area contributed by atoms with Gasteiger partial charge in [0.05, 0.1) is 35.3 Å². The number of aromatic nitrogens is 9. The van der Waals surface area contributed by atoms with E-state index in [2.05, 4.69) is 41.5 Å². The van der Waals surface area contributed by atoms with E-state index in [1.54, 1.807) is 23.4 Å². The highest BCUT2D eigenvalue weighted by molar-refractivity contribution is 5.91. The minimum atomic E-state index is -4.53. The Kier molecular flexibility index (Phi) is 15.1. The van der Waals surface area contributed by atoms with E-state index in [0.717, 1.165) is 36.5 Å². The molecule has 3 saturated carbocycles. The minimum Gasteiger partial charge on any atom is -0.396 e. The largest absolute Gasteiger partial charge is 0.416 e. The molecular weight excluding hydrogens is 980 g/mol. The molecule has 1 aromatic carbocycles. The van der Waals surface area contributed by atoms with Gasteiger partial charge in [0.2, 0.25) is 23.6 Å². The summed E-state index contributed by atoms with van der Waals surface area (Å²) in [7, 11) is 1.85. The number of carbonyl (C=O) groups excluding carboxylic acids is 4. The molecule has 5 fully saturated rings. The van der Waals surface area contributed by atoms with Crippen LogP contribution in [0.1, 0.15) is 150 Å². The topological polar surface area (TPSA) is 272 Å². The van der Waals surface area contributed by atoms with E-state index in [-0.39, 0.29) is 81.6 Å². The third kappa shape index (κ3) is 11.3. The molecule has 75 heavy (non-hydrogen) atoms. The smallest absolute Gasteiger partial charge is 0.396 e. The van der Waals surface area contributed by atoms with Gasteiger partial charge in [0.25, 0.3) is 0 Å². The maximum absolute atomic E-state index is 15.2. The fraction of sp³-hybridized carbons (Fsp3) is 0.686. The van der Waals surface area contributed by atoms with Crippen molar-refractivity contribution >= 4 is 23.6 Å². The lowest BCUT2D eigenvalue weighted by atomic mass is 9.77. The van der Waals surface area contributed by atoms with Gasteiger partial charge in [0, 0.05) is 94.7 Å². The fourth-order valence-corrected chi connectivity index (χ4v) is 12.1. The summed E-state index contributed by atoms with van der Waals surface area (Å²) < 4.78 is 44.8. The van der Waals surface area contributed by atoms with Gasteiger partial charge in [-0.2, -0.15) is 13.2 Å². The molecule has 5 aliphatic rings. The first-order chi connectivity index (χ1) is 35.4. The van der Waals surface area contributed by atoms with Gasteiger partial charge in [-0.25, -0.2) is 9.36 Å². The summed E-state index contributed by atoms with van der Waals surface area (Å²) >= 11 is 0. The van der Waals surface area contributed by atoms with Gasteiger partial charge < -0.3 is 45.4 Å². The summed E-state index contributed by atoms with van der Waals surface area (Å²) in [5, 5.41) is 74.6. The summed E-state index contributed by atoms with van der Waals surface area (Å²) in [6.45, 7) is 9.21. The second-order valence-corrected chi connectivity index (χ2v) is 23.4. The number of carbonyl (C=O) groups is 4. The zero-order valence-corrected chi connectivity index (χ0v) is 43.2. The second-order valence-electron chi connectivity index (χ2n) is 23.4. The lowest BCUT2D eigenvalue weighted by molar-refractivity contribution is -0.145. The minimum absolute atomic E-state index is 0.0203. The van der Waals surface area contributed by atoms with E-state index >= 15 is 4.79 Å². The number of β-amino-alcohol motifs (C(OH)–C–C–N with tert-alkyl or cyclic N) is 2. The molecule has 0 radical (unpaired) electrons. The molecule has 24 heteroatoms. The van der Waals surface area contributed by atoms with Crippen molar-refractivity contribution in [1.29, 1.82) is 0 Å². The van der Waals surface area contributed by atoms with Gasteiger partial charge >= 0.3 is 6.18 Å². The molecule has 5 heterocycles. The Hall–Kier alpha value is -5.85. The van der Waals surface area contributed by atoms with Gasteiger partial charge in [-0.3, -0.25) is 19.2 Å². The number of nitrogens with zero attached hydrogens (tertiary/aromatic N) is 11. The van der Waals surface area contributed by atoms with Crippen LogP contribution in [0.25, 0.3) is 0 Å². The number of likely N-dealkylation sites (tertiary alicyclic amines) is 2. The van der Waals surface area contributed by atoms with Crippen molar-refractivity contribution in [2.24, 2.45) is 29.7 Å². The molecular formula is C51H70F3N13O8. The standard InChI is InChI=1S/C51H70F3N13O8/c1-49(2,3)42(47(74)64-22-33(69)17-39(64)46(73)56-21-31-15-30(16-41(31)71)44-60-57-26-63(44)6)66-25-38(59-62-66)35-19-36(35)50(4,5)43(67-24-37(58-61-67)28-7-8-28)48(75)65-23-34(70)18-40(65)45(72)55-20-29(13-14-68)27-9-11-32(12-10-27)51(52,53)54/h9-12,24-26,28-31,33-36,39-43,68-71H,7-8,13-23H2,1-6H3,(H,55,72)(H,56,73)/t29?,30-,31+,33+,34+,35?,36?,39-,40-,41+,42+,43+/m0/s1. The van der Waals surface area contributed by atoms with E-state index in [1.165, 1.54) is 26.6 Å². The molecule has 3 unspecified atom stereocenters. The van der Waals surface area contributed by atoms with E-state index in [0.29, 0.717) is 30.5 Å². The Morgan fingerprint density at radius 3 is 1.91 bits per heavy atom. The van der Waals surface area contributed by atoms with Crippen LogP contribution in [0.4, 0.5) is 13.2 Å². The normalized spacial score (nSPS) is 27.3. The Morgan fingerprint density at radius 1 is 0.747 bits per heavy atom. The van der Waals surface area contributed by atoms with Crippen molar-refractivity contribution in [3.8, 4) is 0 Å². The van der Waals surface area contributed by atoms with Crippen LogP contribution in [0.15, 0.2) is 43.0 Å². The average molecular weight is 1050 g/mol.